The van der Waals surface area contributed by atoms with Gasteiger partial charge in [-0.2, -0.15) is 0 Å². The second-order valence-electron chi connectivity index (χ2n) is 6.21. The van der Waals surface area contributed by atoms with Gasteiger partial charge in [0.25, 0.3) is 0 Å². The van der Waals surface area contributed by atoms with E-state index in [1.807, 2.05) is 18.3 Å². The smallest absolute Gasteiger partial charge is 0.218 e. The van der Waals surface area contributed by atoms with Gasteiger partial charge < -0.3 is 15.1 Å². The first-order valence-corrected chi connectivity index (χ1v) is 7.78. The van der Waals surface area contributed by atoms with Crippen LogP contribution in [0.2, 0.25) is 0 Å². The van der Waals surface area contributed by atoms with Crippen molar-refractivity contribution in [1.29, 1.82) is 0 Å². The van der Waals surface area contributed by atoms with E-state index in [9.17, 15) is 10.2 Å². The number of hydrogen-bond acceptors (Lipinski definition) is 4. The molecular formula is C17H20N2O2. The van der Waals surface area contributed by atoms with Crippen molar-refractivity contribution in [2.75, 3.05) is 11.4 Å². The quantitative estimate of drug-likeness (QED) is 0.845. The predicted octanol–water partition coefficient (Wildman–Crippen LogP) is 2.61. The highest BCUT2D eigenvalue weighted by Gasteiger charge is 2.29. The molecule has 2 aromatic rings. The lowest BCUT2D eigenvalue weighted by molar-refractivity contribution is 0.121. The van der Waals surface area contributed by atoms with Gasteiger partial charge in [0.2, 0.25) is 5.88 Å². The van der Waals surface area contributed by atoms with Crippen molar-refractivity contribution in [2.24, 2.45) is 0 Å². The zero-order valence-electron chi connectivity index (χ0n) is 12.0. The van der Waals surface area contributed by atoms with Crippen LogP contribution in [0, 0.1) is 0 Å². The van der Waals surface area contributed by atoms with E-state index in [1.165, 1.54) is 11.3 Å². The molecule has 1 aliphatic carbocycles. The Morgan fingerprint density at radius 1 is 1.14 bits per heavy atom. The normalized spacial score (nSPS) is 25.3. The third kappa shape index (κ3) is 2.05. The third-order valence-electron chi connectivity index (χ3n) is 4.99. The maximum atomic E-state index is 10.0. The molecule has 1 aromatic carbocycles. The zero-order chi connectivity index (χ0) is 14.4. The summed E-state index contributed by atoms with van der Waals surface area (Å²) in [6.45, 7) is 0.999. The molecule has 110 valence electrons. The number of aliphatic hydroxyl groups is 1. The van der Waals surface area contributed by atoms with E-state index in [0.717, 1.165) is 49.4 Å². The average molecular weight is 284 g/mol. The van der Waals surface area contributed by atoms with Crippen LogP contribution in [0.15, 0.2) is 24.4 Å². The van der Waals surface area contributed by atoms with Crippen molar-refractivity contribution < 1.29 is 10.2 Å². The van der Waals surface area contributed by atoms with Crippen molar-refractivity contribution in [2.45, 2.75) is 44.2 Å². The molecule has 4 heteroatoms. The van der Waals surface area contributed by atoms with Gasteiger partial charge in [-0.1, -0.05) is 6.07 Å². The van der Waals surface area contributed by atoms with Crippen LogP contribution in [0.25, 0.3) is 10.8 Å². The lowest BCUT2D eigenvalue weighted by atomic mass is 9.89. The van der Waals surface area contributed by atoms with Gasteiger partial charge in [-0.3, -0.25) is 0 Å². The van der Waals surface area contributed by atoms with Crippen LogP contribution in [0.1, 0.15) is 31.2 Å². The summed E-state index contributed by atoms with van der Waals surface area (Å²) in [5.74, 6) is 0.122. The van der Waals surface area contributed by atoms with Crippen LogP contribution >= 0.6 is 0 Å². The third-order valence-corrected chi connectivity index (χ3v) is 4.99. The number of anilines is 1. The minimum absolute atomic E-state index is 0.122. The van der Waals surface area contributed by atoms with Crippen LogP contribution in [-0.2, 0) is 6.42 Å². The molecular weight excluding hydrogens is 264 g/mol. The first kappa shape index (κ1) is 12.9. The van der Waals surface area contributed by atoms with Gasteiger partial charge in [-0.25, -0.2) is 4.98 Å². The van der Waals surface area contributed by atoms with E-state index < -0.39 is 0 Å². The molecule has 0 radical (unpaired) electrons. The van der Waals surface area contributed by atoms with Crippen molar-refractivity contribution in [3.63, 3.8) is 0 Å². The van der Waals surface area contributed by atoms with Crippen molar-refractivity contribution in [1.82, 2.24) is 4.98 Å². The number of pyridine rings is 1. The Labute approximate surface area is 124 Å². The highest BCUT2D eigenvalue weighted by atomic mass is 16.3. The van der Waals surface area contributed by atoms with Gasteiger partial charge in [0, 0.05) is 35.2 Å². The summed E-state index contributed by atoms with van der Waals surface area (Å²) in [6, 6.07) is 6.59. The van der Waals surface area contributed by atoms with Crippen molar-refractivity contribution >= 4 is 16.5 Å². The van der Waals surface area contributed by atoms with Crippen LogP contribution in [0.3, 0.4) is 0 Å². The lowest BCUT2D eigenvalue weighted by Crippen LogP contribution is -2.42. The Morgan fingerprint density at radius 3 is 2.76 bits per heavy atom. The number of aromatic nitrogens is 1. The molecule has 1 aliphatic heterocycles. The van der Waals surface area contributed by atoms with Gasteiger partial charge in [-0.05, 0) is 49.8 Å². The fourth-order valence-electron chi connectivity index (χ4n) is 3.88. The fraction of sp³-hybridized carbons (Fsp3) is 0.471. The minimum Gasteiger partial charge on any atom is -0.493 e. The summed E-state index contributed by atoms with van der Waals surface area (Å²) in [4.78, 5) is 6.58. The molecule has 0 unspecified atom stereocenters. The van der Waals surface area contributed by atoms with E-state index in [1.54, 1.807) is 0 Å². The molecule has 2 N–H and O–H groups in total. The fourth-order valence-corrected chi connectivity index (χ4v) is 3.88. The number of aromatic hydroxyl groups is 1. The van der Waals surface area contributed by atoms with Crippen LogP contribution in [0.5, 0.6) is 5.88 Å². The summed E-state index contributed by atoms with van der Waals surface area (Å²) < 4.78 is 0. The Morgan fingerprint density at radius 2 is 1.95 bits per heavy atom. The minimum atomic E-state index is -0.123. The maximum Gasteiger partial charge on any atom is 0.218 e. The summed E-state index contributed by atoms with van der Waals surface area (Å²) in [6.07, 6.45) is 6.54. The maximum absolute atomic E-state index is 10.0. The molecule has 1 saturated carbocycles. The molecule has 4 rings (SSSR count). The average Bonchev–Trinajstić information content (AvgIpc) is 2.52. The monoisotopic (exact) mass is 284 g/mol. The first-order chi connectivity index (χ1) is 10.2. The van der Waals surface area contributed by atoms with E-state index in [-0.39, 0.29) is 12.0 Å². The number of benzene rings is 1. The number of nitrogens with zero attached hydrogens (tertiary/aromatic N) is 2. The molecule has 1 fully saturated rings. The van der Waals surface area contributed by atoms with Gasteiger partial charge in [-0.15, -0.1) is 0 Å². The largest absolute Gasteiger partial charge is 0.493 e. The Balaban J connectivity index is 1.79. The standard InChI is InChI=1S/C17H20N2O2/c20-13-6-4-12(5-7-13)19-9-8-11-10-18-17(21)14-2-1-3-15(19)16(11)14/h1-3,10,12-13,20H,4-9H2,(H,18,21). The first-order valence-electron chi connectivity index (χ1n) is 7.78. The van der Waals surface area contributed by atoms with E-state index >= 15 is 0 Å². The van der Waals surface area contributed by atoms with Crippen molar-refractivity contribution in [3.05, 3.63) is 30.0 Å². The van der Waals surface area contributed by atoms with E-state index in [4.69, 9.17) is 0 Å². The zero-order valence-corrected chi connectivity index (χ0v) is 12.0. The molecule has 1 aromatic heterocycles. The van der Waals surface area contributed by atoms with Gasteiger partial charge >= 0.3 is 0 Å². The Hall–Kier alpha value is -1.81. The molecule has 4 nitrogen and oxygen atoms in total. The summed E-state index contributed by atoms with van der Waals surface area (Å²) >= 11 is 0. The van der Waals surface area contributed by atoms with E-state index in [2.05, 4.69) is 16.0 Å². The molecule has 2 aliphatic rings. The molecule has 0 atom stereocenters. The second kappa shape index (κ2) is 4.88. The highest BCUT2D eigenvalue weighted by molar-refractivity contribution is 6.00. The number of rotatable bonds is 1. The topological polar surface area (TPSA) is 56.6 Å². The lowest BCUT2D eigenvalue weighted by Gasteiger charge is -2.40. The van der Waals surface area contributed by atoms with Crippen LogP contribution < -0.4 is 4.90 Å². The summed E-state index contributed by atoms with van der Waals surface area (Å²) in [5.41, 5.74) is 2.44. The van der Waals surface area contributed by atoms with E-state index in [0.29, 0.717) is 6.04 Å². The highest BCUT2D eigenvalue weighted by Crippen LogP contribution is 2.39. The van der Waals surface area contributed by atoms with Crippen molar-refractivity contribution in [3.8, 4) is 5.88 Å². The summed E-state index contributed by atoms with van der Waals surface area (Å²) in [5, 5.41) is 21.7. The second-order valence-corrected chi connectivity index (χ2v) is 6.21. The number of aliphatic hydroxyl groups excluding tert-OH is 1. The van der Waals surface area contributed by atoms with Gasteiger partial charge in [0.15, 0.2) is 0 Å². The molecule has 0 saturated heterocycles. The van der Waals surface area contributed by atoms with Gasteiger partial charge in [0.1, 0.15) is 0 Å². The summed E-state index contributed by atoms with van der Waals surface area (Å²) in [7, 11) is 0. The SMILES string of the molecule is Oc1ncc2c3c(cccc13)N(C1CCC(O)CC1)CC2. The molecule has 0 amide bonds. The van der Waals surface area contributed by atoms with Gasteiger partial charge in [0.05, 0.1) is 6.10 Å². The molecule has 2 heterocycles. The molecule has 0 spiro atoms. The molecule has 0 bridgehead atoms. The molecule has 21 heavy (non-hydrogen) atoms. The van der Waals surface area contributed by atoms with Crippen LogP contribution in [-0.4, -0.2) is 33.9 Å². The Kier molecular flexibility index (Phi) is 3.00. The van der Waals surface area contributed by atoms with Crippen LogP contribution in [0.4, 0.5) is 5.69 Å². The Bertz CT molecular complexity index is 678. The number of hydrogen-bond donors (Lipinski definition) is 2. The predicted molar refractivity (Wildman–Crippen MR) is 82.7 cm³/mol.